The highest BCUT2D eigenvalue weighted by Gasteiger charge is 2.26. The fourth-order valence-electron chi connectivity index (χ4n) is 3.57. The number of hydrogen-bond donors (Lipinski definition) is 1. The number of benzene rings is 2. The minimum absolute atomic E-state index is 0.0271. The molecule has 5 nitrogen and oxygen atoms in total. The van der Waals surface area contributed by atoms with Gasteiger partial charge < -0.3 is 14.7 Å². The summed E-state index contributed by atoms with van der Waals surface area (Å²) in [6.45, 7) is 3.59. The number of aromatic nitrogens is 1. The lowest BCUT2D eigenvalue weighted by Crippen LogP contribution is -2.37. The molecule has 6 heteroatoms. The minimum Gasteiger partial charge on any atom is -0.508 e. The summed E-state index contributed by atoms with van der Waals surface area (Å²) >= 11 is 1.48. The highest BCUT2D eigenvalue weighted by molar-refractivity contribution is 7.13. The minimum atomic E-state index is -0.139. The van der Waals surface area contributed by atoms with Crippen molar-refractivity contribution in [3.8, 4) is 16.3 Å². The molecule has 3 aromatic rings. The van der Waals surface area contributed by atoms with Gasteiger partial charge in [-0.3, -0.25) is 4.79 Å². The largest absolute Gasteiger partial charge is 0.508 e. The Morgan fingerprint density at radius 3 is 2.79 bits per heavy atom. The molecule has 150 valence electrons. The molecule has 0 bridgehead atoms. The van der Waals surface area contributed by atoms with Crippen LogP contribution in [0.1, 0.15) is 34.5 Å². The summed E-state index contributed by atoms with van der Waals surface area (Å²) in [5.74, 6) is 0.0522. The van der Waals surface area contributed by atoms with Crippen molar-refractivity contribution in [2.75, 3.05) is 13.2 Å². The molecule has 29 heavy (non-hydrogen) atoms. The molecule has 4 rings (SSSR count). The van der Waals surface area contributed by atoms with Crippen LogP contribution in [-0.2, 0) is 11.3 Å². The molecular weight excluding hydrogens is 384 g/mol. The second kappa shape index (κ2) is 8.76. The summed E-state index contributed by atoms with van der Waals surface area (Å²) in [6.07, 6.45) is 1.98. The summed E-state index contributed by atoms with van der Waals surface area (Å²) in [6, 6.07) is 15.2. The molecule has 1 fully saturated rings. The van der Waals surface area contributed by atoms with E-state index < -0.39 is 0 Å². The summed E-state index contributed by atoms with van der Waals surface area (Å²) in [5, 5.41) is 12.8. The van der Waals surface area contributed by atoms with Crippen LogP contribution >= 0.6 is 11.3 Å². The van der Waals surface area contributed by atoms with Crippen LogP contribution in [0.15, 0.2) is 53.9 Å². The summed E-state index contributed by atoms with van der Waals surface area (Å²) < 4.78 is 5.75. The fraction of sp³-hybridized carbons (Fsp3) is 0.304. The second-order valence-electron chi connectivity index (χ2n) is 7.30. The molecule has 2 aromatic carbocycles. The maximum atomic E-state index is 13.3. The fourth-order valence-corrected chi connectivity index (χ4v) is 4.46. The first-order chi connectivity index (χ1) is 14.1. The molecule has 1 aliphatic rings. The molecule has 2 heterocycles. The van der Waals surface area contributed by atoms with Crippen molar-refractivity contribution in [2.45, 2.75) is 32.4 Å². The average molecular weight is 409 g/mol. The quantitative estimate of drug-likeness (QED) is 0.645. The van der Waals surface area contributed by atoms with Crippen LogP contribution in [0, 0.1) is 6.92 Å². The van der Waals surface area contributed by atoms with Gasteiger partial charge in [0.15, 0.2) is 0 Å². The van der Waals surface area contributed by atoms with Crippen LogP contribution in [0.4, 0.5) is 0 Å². The predicted octanol–water partition coefficient (Wildman–Crippen LogP) is 4.65. The Balaban J connectivity index is 1.59. The highest BCUT2D eigenvalue weighted by atomic mass is 32.1. The van der Waals surface area contributed by atoms with Gasteiger partial charge >= 0.3 is 0 Å². The number of aryl methyl sites for hydroxylation is 1. The van der Waals surface area contributed by atoms with E-state index in [1.54, 1.807) is 17.0 Å². The van der Waals surface area contributed by atoms with Crippen LogP contribution < -0.4 is 0 Å². The summed E-state index contributed by atoms with van der Waals surface area (Å²) in [4.78, 5) is 19.7. The number of para-hydroxylation sites is 1. The number of amides is 1. The van der Waals surface area contributed by atoms with Gasteiger partial charge in [-0.15, -0.1) is 11.3 Å². The molecule has 1 amide bonds. The van der Waals surface area contributed by atoms with Crippen molar-refractivity contribution in [1.82, 2.24) is 9.88 Å². The molecule has 0 saturated carbocycles. The zero-order valence-corrected chi connectivity index (χ0v) is 17.2. The normalized spacial score (nSPS) is 16.1. The van der Waals surface area contributed by atoms with E-state index in [9.17, 15) is 9.90 Å². The van der Waals surface area contributed by atoms with Gasteiger partial charge in [-0.25, -0.2) is 4.98 Å². The van der Waals surface area contributed by atoms with Gasteiger partial charge in [-0.2, -0.15) is 0 Å². The van der Waals surface area contributed by atoms with Crippen LogP contribution in [0.2, 0.25) is 0 Å². The van der Waals surface area contributed by atoms with Gasteiger partial charge in [0.05, 0.1) is 6.10 Å². The predicted molar refractivity (Wildman–Crippen MR) is 114 cm³/mol. The molecule has 1 atom stereocenters. The SMILES string of the molecule is Cc1ccccc1-c1nc(C(=O)N(Cc2ccccc2O)CC2CCCO2)cs1. The van der Waals surface area contributed by atoms with E-state index in [2.05, 4.69) is 4.98 Å². The Morgan fingerprint density at radius 2 is 2.03 bits per heavy atom. The third-order valence-corrected chi connectivity index (χ3v) is 6.06. The Labute approximate surface area is 174 Å². The number of aromatic hydroxyl groups is 1. The van der Waals surface area contributed by atoms with Crippen LogP contribution in [0.5, 0.6) is 5.75 Å². The Hall–Kier alpha value is -2.70. The van der Waals surface area contributed by atoms with Gasteiger partial charge in [0.25, 0.3) is 5.91 Å². The van der Waals surface area contributed by atoms with Gasteiger partial charge in [0, 0.05) is 36.2 Å². The van der Waals surface area contributed by atoms with E-state index in [1.807, 2.05) is 48.7 Å². The number of thiazole rings is 1. The van der Waals surface area contributed by atoms with Crippen molar-refractivity contribution in [3.05, 3.63) is 70.7 Å². The zero-order valence-electron chi connectivity index (χ0n) is 16.4. The van der Waals surface area contributed by atoms with E-state index >= 15 is 0 Å². The van der Waals surface area contributed by atoms with Gasteiger partial charge in [-0.1, -0.05) is 42.5 Å². The zero-order chi connectivity index (χ0) is 20.2. The number of carbonyl (C=O) groups is 1. The number of rotatable bonds is 6. The van der Waals surface area contributed by atoms with Crippen molar-refractivity contribution in [3.63, 3.8) is 0 Å². The van der Waals surface area contributed by atoms with Crippen molar-refractivity contribution >= 4 is 17.2 Å². The standard InChI is InChI=1S/C23H24N2O3S/c1-16-7-2-4-10-19(16)22-24-20(15-29-22)23(27)25(14-18-9-6-12-28-18)13-17-8-3-5-11-21(17)26/h2-5,7-8,10-11,15,18,26H,6,9,12-14H2,1H3. The van der Waals surface area contributed by atoms with Gasteiger partial charge in [-0.05, 0) is 31.4 Å². The van der Waals surface area contributed by atoms with Crippen LogP contribution in [0.25, 0.3) is 10.6 Å². The van der Waals surface area contributed by atoms with Crippen LogP contribution in [0.3, 0.4) is 0 Å². The molecule has 0 aliphatic carbocycles. The smallest absolute Gasteiger partial charge is 0.273 e. The molecule has 1 aliphatic heterocycles. The number of phenols is 1. The summed E-state index contributed by atoms with van der Waals surface area (Å²) in [5.41, 5.74) is 3.32. The highest BCUT2D eigenvalue weighted by Crippen LogP contribution is 2.28. The lowest BCUT2D eigenvalue weighted by atomic mass is 10.1. The first-order valence-corrected chi connectivity index (χ1v) is 10.7. The lowest BCUT2D eigenvalue weighted by Gasteiger charge is -2.25. The molecule has 0 radical (unpaired) electrons. The van der Waals surface area contributed by atoms with E-state index in [1.165, 1.54) is 11.3 Å². The third kappa shape index (κ3) is 4.49. The average Bonchev–Trinajstić information content (AvgIpc) is 3.41. The van der Waals surface area contributed by atoms with Crippen molar-refractivity contribution in [2.24, 2.45) is 0 Å². The molecule has 1 aromatic heterocycles. The monoisotopic (exact) mass is 408 g/mol. The second-order valence-corrected chi connectivity index (χ2v) is 8.16. The number of nitrogens with zero attached hydrogens (tertiary/aromatic N) is 2. The molecule has 1 N–H and O–H groups in total. The number of carbonyl (C=O) groups excluding carboxylic acids is 1. The first-order valence-electron chi connectivity index (χ1n) is 9.81. The van der Waals surface area contributed by atoms with E-state index in [0.29, 0.717) is 24.3 Å². The van der Waals surface area contributed by atoms with Crippen LogP contribution in [-0.4, -0.2) is 40.2 Å². The molecule has 1 saturated heterocycles. The third-order valence-electron chi connectivity index (χ3n) is 5.19. The van der Waals surface area contributed by atoms with Crippen molar-refractivity contribution < 1.29 is 14.6 Å². The molecule has 0 spiro atoms. The maximum Gasteiger partial charge on any atom is 0.273 e. The summed E-state index contributed by atoms with van der Waals surface area (Å²) in [7, 11) is 0. The van der Waals surface area contributed by atoms with E-state index in [0.717, 1.165) is 35.6 Å². The maximum absolute atomic E-state index is 13.3. The topological polar surface area (TPSA) is 62.7 Å². The van der Waals surface area contributed by atoms with Crippen molar-refractivity contribution in [1.29, 1.82) is 0 Å². The van der Waals surface area contributed by atoms with E-state index in [-0.39, 0.29) is 17.8 Å². The molecular formula is C23H24N2O3S. The molecule has 1 unspecified atom stereocenters. The van der Waals surface area contributed by atoms with Gasteiger partial charge in [0.1, 0.15) is 16.5 Å². The Morgan fingerprint density at radius 1 is 1.24 bits per heavy atom. The Kier molecular flexibility index (Phi) is 5.92. The Bertz CT molecular complexity index is 995. The number of hydrogen-bond acceptors (Lipinski definition) is 5. The number of phenolic OH excluding ortho intramolecular Hbond substituents is 1. The van der Waals surface area contributed by atoms with E-state index in [4.69, 9.17) is 4.74 Å². The van der Waals surface area contributed by atoms with Gasteiger partial charge in [0.2, 0.25) is 0 Å². The number of ether oxygens (including phenoxy) is 1. The first kappa shape index (κ1) is 19.6. The lowest BCUT2D eigenvalue weighted by molar-refractivity contribution is 0.0502.